The zero-order valence-corrected chi connectivity index (χ0v) is 12.8. The van der Waals surface area contributed by atoms with Crippen molar-refractivity contribution >= 4 is 11.7 Å². The molecule has 114 valence electrons. The Morgan fingerprint density at radius 1 is 1.30 bits per heavy atom. The van der Waals surface area contributed by atoms with Crippen molar-refractivity contribution in [3.8, 4) is 11.8 Å². The van der Waals surface area contributed by atoms with Crippen LogP contribution in [0.2, 0.25) is 0 Å². The van der Waals surface area contributed by atoms with Crippen LogP contribution >= 0.6 is 0 Å². The first kappa shape index (κ1) is 16.2. The van der Waals surface area contributed by atoms with Gasteiger partial charge in [0.25, 0.3) is 0 Å². The zero-order chi connectivity index (χ0) is 16.5. The molecule has 2 aromatic rings. The second-order valence-electron chi connectivity index (χ2n) is 4.95. The molecule has 5 heteroatoms. The van der Waals surface area contributed by atoms with Crippen LogP contribution in [0.4, 0.5) is 5.82 Å². The fourth-order valence-corrected chi connectivity index (χ4v) is 1.93. The van der Waals surface area contributed by atoms with Gasteiger partial charge in [-0.05, 0) is 30.5 Å². The molecule has 0 spiro atoms. The van der Waals surface area contributed by atoms with Gasteiger partial charge >= 0.3 is 0 Å². The van der Waals surface area contributed by atoms with Crippen molar-refractivity contribution in [1.82, 2.24) is 10.2 Å². The highest BCUT2D eigenvalue weighted by Crippen LogP contribution is 2.07. The van der Waals surface area contributed by atoms with Crippen molar-refractivity contribution in [1.29, 1.82) is 0 Å². The minimum absolute atomic E-state index is 0.138. The van der Waals surface area contributed by atoms with Crippen LogP contribution in [-0.4, -0.2) is 22.6 Å². The molecule has 0 fully saturated rings. The van der Waals surface area contributed by atoms with E-state index in [1.54, 1.807) is 12.1 Å². The Labute approximate surface area is 135 Å². The molecule has 0 atom stereocenters. The Morgan fingerprint density at radius 3 is 2.87 bits per heavy atom. The number of aryl methyl sites for hydroxylation is 1. The third-order valence-corrected chi connectivity index (χ3v) is 2.94. The molecule has 0 radical (unpaired) electrons. The number of hydrogen-bond acceptors (Lipinski definition) is 3. The normalized spacial score (nSPS) is 9.39. The van der Waals surface area contributed by atoms with Crippen LogP contribution in [0.25, 0.3) is 4.85 Å². The number of benzene rings is 1. The maximum Gasteiger partial charge on any atom is 0.229 e. The van der Waals surface area contributed by atoms with Crippen LogP contribution in [0.15, 0.2) is 36.4 Å². The summed E-state index contributed by atoms with van der Waals surface area (Å²) in [6.45, 7) is 9.03. The molecule has 0 unspecified atom stereocenters. The van der Waals surface area contributed by atoms with E-state index < -0.39 is 0 Å². The first-order chi connectivity index (χ1) is 11.2. The summed E-state index contributed by atoms with van der Waals surface area (Å²) in [6.07, 6.45) is 0.807. The molecule has 1 heterocycles. The van der Waals surface area contributed by atoms with E-state index in [-0.39, 0.29) is 5.91 Å². The maximum absolute atomic E-state index is 12.0. The van der Waals surface area contributed by atoms with E-state index in [2.05, 4.69) is 32.2 Å². The van der Waals surface area contributed by atoms with Crippen molar-refractivity contribution in [2.45, 2.75) is 19.8 Å². The topological polar surface area (TPSA) is 59.2 Å². The highest BCUT2D eigenvalue weighted by molar-refractivity contribution is 5.91. The first-order valence-corrected chi connectivity index (χ1v) is 7.18. The average Bonchev–Trinajstić information content (AvgIpc) is 2.53. The second kappa shape index (κ2) is 8.31. The van der Waals surface area contributed by atoms with Crippen LogP contribution < -0.4 is 5.32 Å². The van der Waals surface area contributed by atoms with Gasteiger partial charge in [-0.3, -0.25) is 4.79 Å². The van der Waals surface area contributed by atoms with Crippen LogP contribution in [-0.2, 0) is 11.2 Å². The van der Waals surface area contributed by atoms with E-state index in [9.17, 15) is 4.79 Å². The lowest BCUT2D eigenvalue weighted by Gasteiger charge is -2.04. The molecule has 1 N–H and O–H groups in total. The van der Waals surface area contributed by atoms with Crippen LogP contribution in [0.3, 0.4) is 0 Å². The van der Waals surface area contributed by atoms with Gasteiger partial charge in [0.15, 0.2) is 5.82 Å². The van der Waals surface area contributed by atoms with E-state index in [0.717, 1.165) is 11.1 Å². The fraction of sp³-hybridized carbons (Fsp3) is 0.222. The molecule has 0 saturated heterocycles. The number of carbonyl (C=O) groups is 1. The summed E-state index contributed by atoms with van der Waals surface area (Å²) in [5, 5.41) is 10.6. The number of carbonyl (C=O) groups excluding carboxylic acids is 1. The molecule has 0 bridgehead atoms. The van der Waals surface area contributed by atoms with Gasteiger partial charge in [-0.25, -0.2) is 6.57 Å². The fourth-order valence-electron chi connectivity index (χ4n) is 1.93. The van der Waals surface area contributed by atoms with Crippen molar-refractivity contribution in [3.63, 3.8) is 0 Å². The smallest absolute Gasteiger partial charge is 0.229 e. The molecule has 1 aromatic heterocycles. The molecule has 2 rings (SSSR count). The zero-order valence-electron chi connectivity index (χ0n) is 12.8. The van der Waals surface area contributed by atoms with Crippen LogP contribution in [0.5, 0.6) is 0 Å². The lowest BCUT2D eigenvalue weighted by atomic mass is 10.1. The lowest BCUT2D eigenvalue weighted by Crippen LogP contribution is -2.15. The lowest BCUT2D eigenvalue weighted by molar-refractivity contribution is -0.115. The molecule has 23 heavy (non-hydrogen) atoms. The SMILES string of the molecule is [C-]#[N+]CCC#Cc1ccc(NC(=O)Cc2cccc(C)c2)nn1. The van der Waals surface area contributed by atoms with E-state index in [1.807, 2.05) is 31.2 Å². The largest absolute Gasteiger partial charge is 0.316 e. The van der Waals surface area contributed by atoms with E-state index >= 15 is 0 Å². The van der Waals surface area contributed by atoms with E-state index in [0.29, 0.717) is 30.9 Å². The summed E-state index contributed by atoms with van der Waals surface area (Å²) in [7, 11) is 0. The second-order valence-corrected chi connectivity index (χ2v) is 4.95. The number of hydrogen-bond donors (Lipinski definition) is 1. The predicted molar refractivity (Wildman–Crippen MR) is 88.5 cm³/mol. The summed E-state index contributed by atoms with van der Waals surface area (Å²) >= 11 is 0. The Morgan fingerprint density at radius 2 is 2.17 bits per heavy atom. The standard InChI is InChI=1S/C18H16N4O/c1-14-6-5-7-15(12-14)13-18(23)20-17-10-9-16(21-22-17)8-3-4-11-19-2/h5-7,9-10,12H,4,11,13H2,1H3,(H,20,22,23). The van der Waals surface area contributed by atoms with Gasteiger partial charge in [-0.15, -0.1) is 10.2 Å². The van der Waals surface area contributed by atoms with Crippen molar-refractivity contribution in [2.75, 3.05) is 11.9 Å². The summed E-state index contributed by atoms with van der Waals surface area (Å²) in [6, 6.07) is 11.2. The van der Waals surface area contributed by atoms with Crippen molar-refractivity contribution in [3.05, 3.63) is 64.6 Å². The van der Waals surface area contributed by atoms with Crippen LogP contribution in [0.1, 0.15) is 23.2 Å². The summed E-state index contributed by atoms with van der Waals surface area (Å²) in [5.74, 6) is 5.93. The number of nitrogens with zero attached hydrogens (tertiary/aromatic N) is 3. The number of aromatic nitrogens is 2. The minimum Gasteiger partial charge on any atom is -0.316 e. The van der Waals surface area contributed by atoms with Gasteiger partial charge in [0.1, 0.15) is 5.69 Å². The molecule has 0 aliphatic heterocycles. The Balaban J connectivity index is 1.91. The van der Waals surface area contributed by atoms with Crippen molar-refractivity contribution in [2.24, 2.45) is 0 Å². The Kier molecular flexibility index (Phi) is 5.85. The number of anilines is 1. The molecular weight excluding hydrogens is 288 g/mol. The number of amides is 1. The molecule has 1 amide bonds. The molecule has 0 aliphatic carbocycles. The number of rotatable bonds is 4. The Bertz CT molecular complexity index is 779. The van der Waals surface area contributed by atoms with Gasteiger partial charge < -0.3 is 10.2 Å². The quantitative estimate of drug-likeness (QED) is 0.536. The monoisotopic (exact) mass is 304 g/mol. The highest BCUT2D eigenvalue weighted by Gasteiger charge is 2.05. The predicted octanol–water partition coefficient (Wildman–Crippen LogP) is 2.63. The van der Waals surface area contributed by atoms with E-state index in [1.165, 1.54) is 0 Å². The van der Waals surface area contributed by atoms with E-state index in [4.69, 9.17) is 6.57 Å². The third-order valence-electron chi connectivity index (χ3n) is 2.94. The maximum atomic E-state index is 12.0. The third kappa shape index (κ3) is 5.61. The molecule has 0 saturated carbocycles. The number of nitrogens with one attached hydrogen (secondary N) is 1. The van der Waals surface area contributed by atoms with Gasteiger partial charge in [0.2, 0.25) is 12.5 Å². The van der Waals surface area contributed by atoms with Gasteiger partial charge in [0.05, 0.1) is 12.8 Å². The molecule has 0 aliphatic rings. The van der Waals surface area contributed by atoms with Gasteiger partial charge in [0, 0.05) is 0 Å². The van der Waals surface area contributed by atoms with Gasteiger partial charge in [-0.2, -0.15) is 0 Å². The van der Waals surface area contributed by atoms with Crippen molar-refractivity contribution < 1.29 is 4.79 Å². The van der Waals surface area contributed by atoms with Crippen LogP contribution in [0, 0.1) is 25.3 Å². The molecular formula is C18H16N4O. The first-order valence-electron chi connectivity index (χ1n) is 7.18. The minimum atomic E-state index is -0.138. The van der Waals surface area contributed by atoms with Gasteiger partial charge in [-0.1, -0.05) is 35.7 Å². The average molecular weight is 304 g/mol. The Hall–Kier alpha value is -3.18. The summed E-state index contributed by atoms with van der Waals surface area (Å²) < 4.78 is 0. The summed E-state index contributed by atoms with van der Waals surface area (Å²) in [5.41, 5.74) is 2.60. The molecule has 1 aromatic carbocycles. The summed E-state index contributed by atoms with van der Waals surface area (Å²) in [4.78, 5) is 15.2. The molecule has 5 nitrogen and oxygen atoms in total. The highest BCUT2D eigenvalue weighted by atomic mass is 16.1.